The molecule has 0 radical (unpaired) electrons. The van der Waals surface area contributed by atoms with Crippen molar-refractivity contribution in [2.45, 2.75) is 25.7 Å². The summed E-state index contributed by atoms with van der Waals surface area (Å²) in [6, 6.07) is 36.2. The van der Waals surface area contributed by atoms with Crippen molar-refractivity contribution in [3.8, 4) is 11.5 Å². The molecule has 364 valence electrons. The number of aromatic nitrogens is 2. The van der Waals surface area contributed by atoms with E-state index in [1.807, 2.05) is 71.2 Å². The van der Waals surface area contributed by atoms with Crippen molar-refractivity contribution in [3.63, 3.8) is 0 Å². The van der Waals surface area contributed by atoms with Gasteiger partial charge >= 0.3 is 11.9 Å². The molecule has 0 atom stereocenters. The SMILES string of the molecule is O=C(O)/C=C\C(=O)O.O=c1ccc2ccc(OCCCCN3CCN(c4cccc5sccc45)CC3)cc2[nH]1.O=c1ccc2ccc(OCCCCN3CCN(c4cccc5sccc45)CC3)cc2[nH]1. The Morgan fingerprint density at radius 2 is 0.943 bits per heavy atom. The molecule has 4 aromatic heterocycles. The van der Waals surface area contributed by atoms with Crippen molar-refractivity contribution in [2.24, 2.45) is 0 Å². The zero-order valence-corrected chi connectivity index (χ0v) is 40.6. The molecule has 8 aromatic rings. The highest BCUT2D eigenvalue weighted by atomic mass is 32.1. The summed E-state index contributed by atoms with van der Waals surface area (Å²) in [7, 11) is 0. The Balaban J connectivity index is 0.000000163. The maximum atomic E-state index is 11.5. The molecule has 2 saturated heterocycles. The molecule has 70 heavy (non-hydrogen) atoms. The van der Waals surface area contributed by atoms with Gasteiger partial charge in [-0.25, -0.2) is 9.59 Å². The number of hydrogen-bond acceptors (Lipinski definition) is 12. The number of piperazine rings is 2. The van der Waals surface area contributed by atoms with Crippen molar-refractivity contribution in [1.29, 1.82) is 0 Å². The Morgan fingerprint density at radius 1 is 0.529 bits per heavy atom. The van der Waals surface area contributed by atoms with E-state index in [4.69, 9.17) is 19.7 Å². The number of carbonyl (C=O) groups is 2. The number of carboxylic acid groups (broad SMARTS) is 2. The number of ether oxygens (including phenoxy) is 2. The molecular formula is C54H58N6O8S2. The third-order valence-corrected chi connectivity index (χ3v) is 14.2. The van der Waals surface area contributed by atoms with E-state index >= 15 is 0 Å². The highest BCUT2D eigenvalue weighted by Crippen LogP contribution is 2.32. The van der Waals surface area contributed by atoms with Crippen molar-refractivity contribution in [3.05, 3.63) is 153 Å². The maximum absolute atomic E-state index is 11.5. The molecule has 4 aromatic carbocycles. The van der Waals surface area contributed by atoms with Crippen LogP contribution in [0.25, 0.3) is 42.0 Å². The van der Waals surface area contributed by atoms with E-state index in [2.05, 4.69) is 88.9 Å². The number of unbranched alkanes of at least 4 members (excludes halogenated alkanes) is 2. The minimum Gasteiger partial charge on any atom is -0.494 e. The zero-order chi connectivity index (χ0) is 48.7. The molecular weight excluding hydrogens is 925 g/mol. The number of anilines is 2. The lowest BCUT2D eigenvalue weighted by atomic mass is 10.2. The van der Waals surface area contributed by atoms with E-state index in [-0.39, 0.29) is 11.1 Å². The summed E-state index contributed by atoms with van der Waals surface area (Å²) in [6.45, 7) is 12.4. The predicted molar refractivity (Wildman–Crippen MR) is 284 cm³/mol. The Bertz CT molecular complexity index is 2940. The van der Waals surface area contributed by atoms with Crippen LogP contribution in [0.1, 0.15) is 25.7 Å². The van der Waals surface area contributed by atoms with Crippen molar-refractivity contribution >= 4 is 88.0 Å². The van der Waals surface area contributed by atoms with Gasteiger partial charge in [-0.1, -0.05) is 12.1 Å². The van der Waals surface area contributed by atoms with E-state index in [0.717, 1.165) is 124 Å². The second-order valence-corrected chi connectivity index (χ2v) is 19.0. The monoisotopic (exact) mass is 982 g/mol. The third kappa shape index (κ3) is 13.8. The molecule has 4 N–H and O–H groups in total. The van der Waals surface area contributed by atoms with Gasteiger partial charge in [0.2, 0.25) is 11.1 Å². The number of thiophene rings is 2. The van der Waals surface area contributed by atoms with E-state index in [1.165, 1.54) is 31.5 Å². The van der Waals surface area contributed by atoms with Gasteiger partial charge in [0.05, 0.1) is 24.2 Å². The third-order valence-electron chi connectivity index (χ3n) is 12.4. The standard InChI is InChI=1S/2C25H27N3O2S.C4H4O4/c2*29-25-9-7-19-6-8-20(18-22(19)26-25)30-16-2-1-11-27-12-14-28(15-13-27)23-4-3-5-24-21(23)10-17-31-24;5-3(6)1-2-4(7)8/h2*3-10,17-18H,1-2,11-16H2,(H,26,29);1-2H,(H,5,6)(H,7,8)/b;;2-1-. The van der Waals surface area contributed by atoms with Crippen LogP contribution >= 0.6 is 22.7 Å². The van der Waals surface area contributed by atoms with Gasteiger partial charge < -0.3 is 39.5 Å². The number of H-pyrrole nitrogens is 2. The Labute approximate surface area is 413 Å². The topological polar surface area (TPSA) is 172 Å². The molecule has 14 nitrogen and oxygen atoms in total. The molecule has 0 aliphatic carbocycles. The number of pyridine rings is 2. The second kappa shape index (κ2) is 24.5. The number of rotatable bonds is 16. The minimum absolute atomic E-state index is 0.0863. The Kier molecular flexibility index (Phi) is 17.3. The van der Waals surface area contributed by atoms with E-state index in [9.17, 15) is 19.2 Å². The van der Waals surface area contributed by atoms with Crippen molar-refractivity contribution < 1.29 is 29.3 Å². The zero-order valence-electron chi connectivity index (χ0n) is 39.0. The first-order valence-electron chi connectivity index (χ1n) is 23.7. The first-order chi connectivity index (χ1) is 34.1. The predicted octanol–water partition coefficient (Wildman–Crippen LogP) is 9.16. The van der Waals surface area contributed by atoms with Crippen LogP contribution in [-0.4, -0.2) is 121 Å². The molecule has 2 aliphatic heterocycles. The van der Waals surface area contributed by atoms with Crippen LogP contribution in [0.15, 0.2) is 142 Å². The fourth-order valence-electron chi connectivity index (χ4n) is 8.77. The summed E-state index contributed by atoms with van der Waals surface area (Å²) in [5.41, 5.74) is 4.22. The fraction of sp³-hybridized carbons (Fsp3) is 0.296. The van der Waals surface area contributed by atoms with Gasteiger partial charge in [0.1, 0.15) is 11.5 Å². The molecule has 0 amide bonds. The normalized spacial score (nSPS) is 14.4. The number of hydrogen-bond donors (Lipinski definition) is 4. The van der Waals surface area contributed by atoms with Crippen LogP contribution < -0.4 is 30.4 Å². The molecule has 0 unspecified atom stereocenters. The lowest BCUT2D eigenvalue weighted by Gasteiger charge is -2.36. The van der Waals surface area contributed by atoms with Crippen LogP contribution in [0, 0.1) is 0 Å². The summed E-state index contributed by atoms with van der Waals surface area (Å²) in [6.07, 6.45) is 5.43. The molecule has 2 aliphatic rings. The highest BCUT2D eigenvalue weighted by molar-refractivity contribution is 7.17. The molecule has 16 heteroatoms. The van der Waals surface area contributed by atoms with Crippen LogP contribution in [0.4, 0.5) is 11.4 Å². The van der Waals surface area contributed by atoms with Crippen LogP contribution in [-0.2, 0) is 9.59 Å². The molecule has 2 fully saturated rings. The number of aliphatic carboxylic acids is 2. The lowest BCUT2D eigenvalue weighted by molar-refractivity contribution is -0.134. The summed E-state index contributed by atoms with van der Waals surface area (Å²) in [5, 5.41) is 24.8. The molecule has 0 bridgehead atoms. The number of nitrogens with one attached hydrogen (secondary N) is 2. The van der Waals surface area contributed by atoms with Gasteiger partial charge in [-0.2, -0.15) is 0 Å². The average Bonchev–Trinajstić information content (AvgIpc) is 4.07. The summed E-state index contributed by atoms with van der Waals surface area (Å²) >= 11 is 3.63. The number of nitrogens with zero attached hydrogens (tertiary/aromatic N) is 4. The van der Waals surface area contributed by atoms with Crippen molar-refractivity contribution in [1.82, 2.24) is 19.8 Å². The van der Waals surface area contributed by atoms with Gasteiger partial charge in [0.15, 0.2) is 0 Å². The van der Waals surface area contributed by atoms with Gasteiger partial charge in [0.25, 0.3) is 0 Å². The fourth-order valence-corrected chi connectivity index (χ4v) is 10.4. The summed E-state index contributed by atoms with van der Waals surface area (Å²) in [5.74, 6) is -0.893. The number of aromatic amines is 2. The first kappa shape index (κ1) is 49.4. The molecule has 6 heterocycles. The minimum atomic E-state index is -1.26. The number of benzene rings is 4. The van der Waals surface area contributed by atoms with E-state index in [0.29, 0.717) is 25.4 Å². The average molecular weight is 983 g/mol. The summed E-state index contributed by atoms with van der Waals surface area (Å²) < 4.78 is 14.6. The largest absolute Gasteiger partial charge is 0.494 e. The number of fused-ring (bicyclic) bond motifs is 4. The van der Waals surface area contributed by atoms with Gasteiger partial charge in [-0.3, -0.25) is 19.4 Å². The van der Waals surface area contributed by atoms with Gasteiger partial charge in [-0.05, 0) is 133 Å². The van der Waals surface area contributed by atoms with Crippen LogP contribution in [0.2, 0.25) is 0 Å². The quantitative estimate of drug-likeness (QED) is 0.0536. The Morgan fingerprint density at radius 3 is 1.36 bits per heavy atom. The maximum Gasteiger partial charge on any atom is 0.328 e. The highest BCUT2D eigenvalue weighted by Gasteiger charge is 2.20. The van der Waals surface area contributed by atoms with Crippen LogP contribution in [0.5, 0.6) is 11.5 Å². The van der Waals surface area contributed by atoms with Gasteiger partial charge in [0, 0.05) is 120 Å². The van der Waals surface area contributed by atoms with Gasteiger partial charge in [-0.15, -0.1) is 22.7 Å². The molecule has 0 spiro atoms. The lowest BCUT2D eigenvalue weighted by Crippen LogP contribution is -2.46. The first-order valence-corrected chi connectivity index (χ1v) is 25.4. The van der Waals surface area contributed by atoms with Crippen molar-refractivity contribution in [2.75, 3.05) is 88.5 Å². The van der Waals surface area contributed by atoms with E-state index in [1.54, 1.807) is 12.1 Å². The summed E-state index contributed by atoms with van der Waals surface area (Å²) in [4.78, 5) is 58.0. The molecule has 10 rings (SSSR count). The number of carboxylic acids is 2. The smallest absolute Gasteiger partial charge is 0.328 e. The van der Waals surface area contributed by atoms with Crippen LogP contribution in [0.3, 0.4) is 0 Å². The van der Waals surface area contributed by atoms with E-state index < -0.39 is 11.9 Å². The molecule has 0 saturated carbocycles. The Hall–Kier alpha value is -6.98. The second-order valence-electron chi connectivity index (χ2n) is 17.1.